The zero-order valence-electron chi connectivity index (χ0n) is 14.1. The molecule has 1 aromatic carbocycles. The van der Waals surface area contributed by atoms with Gasteiger partial charge in [-0.15, -0.1) is 0 Å². The van der Waals surface area contributed by atoms with Crippen LogP contribution < -0.4 is 15.4 Å². The monoisotopic (exact) mass is 436 g/mol. The summed E-state index contributed by atoms with van der Waals surface area (Å²) in [5, 5.41) is 14.1. The fourth-order valence-electron chi connectivity index (χ4n) is 2.00. The van der Waals surface area contributed by atoms with E-state index in [0.29, 0.717) is 11.4 Å². The van der Waals surface area contributed by atoms with Gasteiger partial charge < -0.3 is 5.32 Å². The third-order valence-electron chi connectivity index (χ3n) is 2.97. The summed E-state index contributed by atoms with van der Waals surface area (Å²) >= 11 is 3.37. The lowest BCUT2D eigenvalue weighted by Crippen LogP contribution is -2.39. The Morgan fingerprint density at radius 2 is 2.12 bits per heavy atom. The quantitative estimate of drug-likeness (QED) is 0.286. The van der Waals surface area contributed by atoms with Crippen LogP contribution in [0.15, 0.2) is 57.1 Å². The van der Waals surface area contributed by atoms with Gasteiger partial charge in [0.15, 0.2) is 6.19 Å². The number of anilines is 2. The van der Waals surface area contributed by atoms with Crippen molar-refractivity contribution in [1.29, 1.82) is 5.26 Å². The number of hydrogen-bond donors (Lipinski definition) is 3. The second-order valence-electron chi connectivity index (χ2n) is 5.42. The summed E-state index contributed by atoms with van der Waals surface area (Å²) < 4.78 is 28.6. The molecule has 0 atom stereocenters. The molecule has 0 unspecified atom stereocenters. The number of nitrogens with one attached hydrogen (secondary N) is 3. The molecule has 1 heterocycles. The van der Waals surface area contributed by atoms with E-state index in [4.69, 9.17) is 5.26 Å². The predicted octanol–water partition coefficient (Wildman–Crippen LogP) is 2.70. The van der Waals surface area contributed by atoms with Crippen molar-refractivity contribution in [3.05, 3.63) is 47.2 Å². The molecule has 26 heavy (non-hydrogen) atoms. The molecule has 0 aliphatic rings. The molecule has 0 amide bonds. The first kappa shape index (κ1) is 19.7. The maximum absolute atomic E-state index is 12.7. The number of nitrogens with zero attached hydrogens (tertiary/aromatic N) is 3. The van der Waals surface area contributed by atoms with Gasteiger partial charge >= 0.3 is 0 Å². The first-order chi connectivity index (χ1) is 12.3. The van der Waals surface area contributed by atoms with Crippen LogP contribution in [0.1, 0.15) is 13.8 Å². The minimum Gasteiger partial charge on any atom is -0.354 e. The van der Waals surface area contributed by atoms with Crippen LogP contribution in [0.5, 0.6) is 0 Å². The Morgan fingerprint density at radius 1 is 1.35 bits per heavy atom. The summed E-state index contributed by atoms with van der Waals surface area (Å²) in [6, 6.07) is 8.64. The number of halogens is 1. The standard InChI is InChI=1S/C16H17BrN6O2S/c1-11(2)21-16(20-10-18)23-26(24,25)15-9-19-7-6-14(15)22-13-5-3-4-12(17)8-13/h3-9,11H,1-2H3,(H,19,22)(H2,20,21,23). The zero-order valence-corrected chi connectivity index (χ0v) is 16.5. The van der Waals surface area contributed by atoms with Crippen molar-refractivity contribution in [2.75, 3.05) is 5.32 Å². The molecule has 1 aromatic heterocycles. The number of aliphatic imine (C=N–C) groups is 1. The van der Waals surface area contributed by atoms with E-state index >= 15 is 0 Å². The number of nitriles is 1. The molecule has 0 spiro atoms. The first-order valence-electron chi connectivity index (χ1n) is 7.54. The van der Waals surface area contributed by atoms with Gasteiger partial charge in [0, 0.05) is 28.6 Å². The highest BCUT2D eigenvalue weighted by molar-refractivity contribution is 9.10. The average molecular weight is 437 g/mol. The van der Waals surface area contributed by atoms with E-state index < -0.39 is 10.0 Å². The van der Waals surface area contributed by atoms with Gasteiger partial charge in [0.25, 0.3) is 10.0 Å². The summed E-state index contributed by atoms with van der Waals surface area (Å²) in [6.45, 7) is 3.52. The third-order valence-corrected chi connectivity index (χ3v) is 4.83. The van der Waals surface area contributed by atoms with Crippen LogP contribution in [-0.4, -0.2) is 25.4 Å². The molecule has 0 aliphatic heterocycles. The van der Waals surface area contributed by atoms with E-state index in [1.54, 1.807) is 32.2 Å². The van der Waals surface area contributed by atoms with Crippen LogP contribution in [0.3, 0.4) is 0 Å². The lowest BCUT2D eigenvalue weighted by Gasteiger charge is -2.14. The first-order valence-corrected chi connectivity index (χ1v) is 9.82. The minimum atomic E-state index is -4.02. The van der Waals surface area contributed by atoms with Crippen LogP contribution >= 0.6 is 15.9 Å². The molecule has 0 saturated carbocycles. The second kappa shape index (κ2) is 8.64. The van der Waals surface area contributed by atoms with Gasteiger partial charge in [0.05, 0.1) is 5.69 Å². The molecule has 2 aromatic rings. The number of benzene rings is 1. The van der Waals surface area contributed by atoms with Crippen LogP contribution in [0.2, 0.25) is 0 Å². The van der Waals surface area contributed by atoms with E-state index in [-0.39, 0.29) is 16.9 Å². The molecule has 136 valence electrons. The van der Waals surface area contributed by atoms with E-state index in [1.807, 2.05) is 18.2 Å². The Morgan fingerprint density at radius 3 is 2.77 bits per heavy atom. The Balaban J connectivity index is 2.37. The smallest absolute Gasteiger partial charge is 0.267 e. The molecule has 0 aliphatic carbocycles. The number of guanidine groups is 1. The Kier molecular flexibility index (Phi) is 6.54. The highest BCUT2D eigenvalue weighted by Crippen LogP contribution is 2.25. The van der Waals surface area contributed by atoms with E-state index in [9.17, 15) is 8.42 Å². The van der Waals surface area contributed by atoms with Gasteiger partial charge in [-0.3, -0.25) is 10.3 Å². The minimum absolute atomic E-state index is 0.0730. The molecule has 0 bridgehead atoms. The zero-order chi connectivity index (χ0) is 19.2. The largest absolute Gasteiger partial charge is 0.354 e. The maximum Gasteiger partial charge on any atom is 0.267 e. The Bertz CT molecular complexity index is 953. The van der Waals surface area contributed by atoms with Gasteiger partial charge in [0.1, 0.15) is 4.90 Å². The molecule has 0 fully saturated rings. The Hall–Kier alpha value is -2.64. The second-order valence-corrected chi connectivity index (χ2v) is 7.99. The average Bonchev–Trinajstić information content (AvgIpc) is 2.54. The third kappa shape index (κ3) is 5.44. The number of hydrogen-bond acceptors (Lipinski definition) is 6. The number of aromatic nitrogens is 1. The number of sulfonamides is 1. The van der Waals surface area contributed by atoms with Crippen molar-refractivity contribution >= 4 is 43.3 Å². The van der Waals surface area contributed by atoms with Crippen molar-refractivity contribution in [3.8, 4) is 6.19 Å². The topological polar surface area (TPSA) is 119 Å². The lowest BCUT2D eigenvalue weighted by atomic mass is 10.3. The van der Waals surface area contributed by atoms with Gasteiger partial charge in [-0.05, 0) is 38.1 Å². The highest BCUT2D eigenvalue weighted by atomic mass is 79.9. The Labute approximate surface area is 160 Å². The molecule has 0 radical (unpaired) electrons. The molecule has 0 saturated heterocycles. The van der Waals surface area contributed by atoms with Gasteiger partial charge in [-0.25, -0.2) is 18.1 Å². The predicted molar refractivity (Wildman–Crippen MR) is 103 cm³/mol. The highest BCUT2D eigenvalue weighted by Gasteiger charge is 2.21. The van der Waals surface area contributed by atoms with Crippen molar-refractivity contribution in [1.82, 2.24) is 15.0 Å². The SMILES string of the molecule is CC(C)N=C(NC#N)NS(=O)(=O)c1cnccc1Nc1cccc(Br)c1. The van der Waals surface area contributed by atoms with Crippen molar-refractivity contribution in [3.63, 3.8) is 0 Å². The number of pyridine rings is 1. The van der Waals surface area contributed by atoms with E-state index in [2.05, 4.69) is 41.3 Å². The van der Waals surface area contributed by atoms with Crippen LogP contribution in [0, 0.1) is 11.5 Å². The normalized spacial score (nSPS) is 11.7. The summed E-state index contributed by atoms with van der Waals surface area (Å²) in [7, 11) is -4.02. The molecular formula is C16H17BrN6O2S. The molecular weight excluding hydrogens is 420 g/mol. The fraction of sp³-hybridized carbons (Fsp3) is 0.188. The van der Waals surface area contributed by atoms with Gasteiger partial charge in [-0.2, -0.15) is 5.26 Å². The van der Waals surface area contributed by atoms with Gasteiger partial charge in [-0.1, -0.05) is 22.0 Å². The maximum atomic E-state index is 12.7. The van der Waals surface area contributed by atoms with Crippen LogP contribution in [-0.2, 0) is 10.0 Å². The fourth-order valence-corrected chi connectivity index (χ4v) is 3.47. The summed E-state index contributed by atoms with van der Waals surface area (Å²) in [6.07, 6.45) is 4.37. The van der Waals surface area contributed by atoms with E-state index in [0.717, 1.165) is 4.47 Å². The molecule has 8 nitrogen and oxygen atoms in total. The summed E-state index contributed by atoms with van der Waals surface area (Å²) in [5.41, 5.74) is 1.04. The van der Waals surface area contributed by atoms with Crippen molar-refractivity contribution in [2.24, 2.45) is 4.99 Å². The van der Waals surface area contributed by atoms with Crippen LogP contribution in [0.25, 0.3) is 0 Å². The van der Waals surface area contributed by atoms with Crippen molar-refractivity contribution in [2.45, 2.75) is 24.8 Å². The summed E-state index contributed by atoms with van der Waals surface area (Å²) in [4.78, 5) is 7.87. The van der Waals surface area contributed by atoms with E-state index in [1.165, 1.54) is 12.4 Å². The molecule has 2 rings (SSSR count). The number of rotatable bonds is 5. The molecule has 10 heteroatoms. The van der Waals surface area contributed by atoms with Gasteiger partial charge in [0.2, 0.25) is 5.96 Å². The van der Waals surface area contributed by atoms with Crippen LogP contribution in [0.4, 0.5) is 11.4 Å². The molecule has 3 N–H and O–H groups in total. The summed E-state index contributed by atoms with van der Waals surface area (Å²) in [5.74, 6) is -0.153. The lowest BCUT2D eigenvalue weighted by molar-refractivity contribution is 0.591. The van der Waals surface area contributed by atoms with Crippen molar-refractivity contribution < 1.29 is 8.42 Å².